The van der Waals surface area contributed by atoms with Gasteiger partial charge in [0, 0.05) is 6.54 Å². The third-order valence-electron chi connectivity index (χ3n) is 3.43. The Balaban J connectivity index is 2.11. The van der Waals surface area contributed by atoms with Crippen molar-refractivity contribution in [1.29, 1.82) is 0 Å². The fourth-order valence-corrected chi connectivity index (χ4v) is 4.39. The van der Waals surface area contributed by atoms with Crippen LogP contribution in [0.25, 0.3) is 0 Å². The van der Waals surface area contributed by atoms with E-state index in [1.807, 2.05) is 0 Å². The van der Waals surface area contributed by atoms with E-state index in [4.69, 9.17) is 4.74 Å². The monoisotopic (exact) mass is 261 g/mol. The van der Waals surface area contributed by atoms with Crippen LogP contribution < -0.4 is 0 Å². The number of nitrogens with zero attached hydrogens (tertiary/aromatic N) is 1. The number of carbonyl (C=O) groups excluding carboxylic acids is 1. The number of hydrogen-bond donors (Lipinski definition) is 0. The van der Waals surface area contributed by atoms with E-state index < -0.39 is 22.0 Å². The second kappa shape index (κ2) is 4.94. The van der Waals surface area contributed by atoms with Crippen molar-refractivity contribution in [2.75, 3.05) is 19.4 Å². The van der Waals surface area contributed by atoms with E-state index in [0.717, 1.165) is 25.7 Å². The van der Waals surface area contributed by atoms with Gasteiger partial charge in [0.25, 0.3) is 0 Å². The summed E-state index contributed by atoms with van der Waals surface area (Å²) in [5.41, 5.74) is 0. The van der Waals surface area contributed by atoms with Crippen LogP contribution in [0.4, 0.5) is 0 Å². The highest BCUT2D eigenvalue weighted by molar-refractivity contribution is 7.89. The Hall–Kier alpha value is -0.620. The third-order valence-corrected chi connectivity index (χ3v) is 5.47. The highest BCUT2D eigenvalue weighted by Crippen LogP contribution is 2.32. The molecule has 0 bridgehead atoms. The summed E-state index contributed by atoms with van der Waals surface area (Å²) in [6, 6.07) is -0.600. The van der Waals surface area contributed by atoms with Crippen molar-refractivity contribution in [2.24, 2.45) is 5.92 Å². The number of carbonyl (C=O) groups is 1. The zero-order chi connectivity index (χ0) is 12.5. The van der Waals surface area contributed by atoms with Crippen molar-refractivity contribution in [2.45, 2.75) is 38.1 Å². The van der Waals surface area contributed by atoms with Crippen LogP contribution in [0.2, 0.25) is 0 Å². The van der Waals surface area contributed by atoms with Crippen molar-refractivity contribution in [1.82, 2.24) is 4.31 Å². The van der Waals surface area contributed by atoms with Gasteiger partial charge in [0.2, 0.25) is 10.0 Å². The number of ether oxygens (including phenoxy) is 1. The standard InChI is InChI=1S/C11H19NO4S/c1-16-11(13)10-4-2-3-7-12(10)17(14,15)8-9-5-6-9/h9-10H,2-8H2,1H3/t10-/m1/s1. The van der Waals surface area contributed by atoms with Crippen LogP contribution in [-0.2, 0) is 19.6 Å². The second-order valence-electron chi connectivity index (χ2n) is 4.87. The molecule has 1 atom stereocenters. The van der Waals surface area contributed by atoms with Gasteiger partial charge in [0.05, 0.1) is 12.9 Å². The highest BCUT2D eigenvalue weighted by atomic mass is 32.2. The first kappa shape index (κ1) is 12.8. The van der Waals surface area contributed by atoms with E-state index in [1.165, 1.54) is 11.4 Å². The molecule has 0 aromatic heterocycles. The first-order chi connectivity index (χ1) is 8.04. The van der Waals surface area contributed by atoms with Crippen LogP contribution in [0.15, 0.2) is 0 Å². The molecule has 0 radical (unpaired) electrons. The number of hydrogen-bond acceptors (Lipinski definition) is 4. The van der Waals surface area contributed by atoms with Gasteiger partial charge in [-0.2, -0.15) is 4.31 Å². The average Bonchev–Trinajstić information content (AvgIpc) is 3.11. The first-order valence-electron chi connectivity index (χ1n) is 6.12. The predicted octanol–water partition coefficient (Wildman–Crippen LogP) is 0.754. The molecule has 6 heteroatoms. The van der Waals surface area contributed by atoms with Crippen molar-refractivity contribution in [3.8, 4) is 0 Å². The Morgan fingerprint density at radius 2 is 2.00 bits per heavy atom. The minimum Gasteiger partial charge on any atom is -0.468 e. The lowest BCUT2D eigenvalue weighted by atomic mass is 10.1. The Kier molecular flexibility index (Phi) is 3.73. The van der Waals surface area contributed by atoms with Crippen LogP contribution in [0.3, 0.4) is 0 Å². The van der Waals surface area contributed by atoms with Crippen molar-refractivity contribution in [3.05, 3.63) is 0 Å². The number of piperidine rings is 1. The molecule has 0 spiro atoms. The molecule has 0 unspecified atom stereocenters. The maximum Gasteiger partial charge on any atom is 0.324 e. The number of methoxy groups -OCH3 is 1. The summed E-state index contributed by atoms with van der Waals surface area (Å²) in [5, 5.41) is 0. The molecular weight excluding hydrogens is 242 g/mol. The molecule has 98 valence electrons. The van der Waals surface area contributed by atoms with Gasteiger partial charge in [-0.25, -0.2) is 8.42 Å². The van der Waals surface area contributed by atoms with Crippen molar-refractivity contribution in [3.63, 3.8) is 0 Å². The molecule has 1 saturated carbocycles. The molecule has 1 heterocycles. The first-order valence-corrected chi connectivity index (χ1v) is 7.73. The summed E-state index contributed by atoms with van der Waals surface area (Å²) in [5.74, 6) is 0.0739. The summed E-state index contributed by atoms with van der Waals surface area (Å²) in [6.45, 7) is 0.453. The third kappa shape index (κ3) is 2.98. The lowest BCUT2D eigenvalue weighted by Crippen LogP contribution is -2.49. The molecule has 0 N–H and O–H groups in total. The minimum absolute atomic E-state index is 0.195. The van der Waals surface area contributed by atoms with Gasteiger partial charge in [-0.05, 0) is 38.0 Å². The average molecular weight is 261 g/mol. The largest absolute Gasteiger partial charge is 0.468 e. The zero-order valence-corrected chi connectivity index (χ0v) is 10.9. The molecule has 1 aliphatic carbocycles. The molecule has 0 aromatic carbocycles. The van der Waals surface area contributed by atoms with Crippen LogP contribution in [0, 0.1) is 5.92 Å². The molecule has 2 aliphatic rings. The molecule has 0 aromatic rings. The van der Waals surface area contributed by atoms with Gasteiger partial charge in [0.15, 0.2) is 0 Å². The maximum absolute atomic E-state index is 12.2. The number of sulfonamides is 1. The van der Waals surface area contributed by atoms with Gasteiger partial charge in [-0.15, -0.1) is 0 Å². The summed E-state index contributed by atoms with van der Waals surface area (Å²) >= 11 is 0. The van der Waals surface area contributed by atoms with Crippen molar-refractivity contribution >= 4 is 16.0 Å². The summed E-state index contributed by atoms with van der Waals surface area (Å²) in [6.07, 6.45) is 4.29. The summed E-state index contributed by atoms with van der Waals surface area (Å²) in [4.78, 5) is 11.6. The van der Waals surface area contributed by atoms with Crippen LogP contribution in [-0.4, -0.2) is 44.1 Å². The Bertz CT molecular complexity index is 388. The van der Waals surface area contributed by atoms with E-state index in [1.54, 1.807) is 0 Å². The molecule has 0 amide bonds. The Morgan fingerprint density at radius 1 is 1.29 bits per heavy atom. The maximum atomic E-state index is 12.2. The predicted molar refractivity (Wildman–Crippen MR) is 62.9 cm³/mol. The van der Waals surface area contributed by atoms with Gasteiger partial charge in [-0.3, -0.25) is 4.79 Å². The van der Waals surface area contributed by atoms with E-state index >= 15 is 0 Å². The molecule has 1 aliphatic heterocycles. The number of esters is 1. The second-order valence-corrected chi connectivity index (χ2v) is 6.83. The molecular formula is C11H19NO4S. The normalized spacial score (nSPS) is 26.8. The lowest BCUT2D eigenvalue weighted by Gasteiger charge is -2.32. The van der Waals surface area contributed by atoms with Gasteiger partial charge in [0.1, 0.15) is 6.04 Å². The Labute approximate surface area is 102 Å². The van der Waals surface area contributed by atoms with E-state index in [-0.39, 0.29) is 5.75 Å². The fraction of sp³-hybridized carbons (Fsp3) is 0.909. The van der Waals surface area contributed by atoms with Gasteiger partial charge >= 0.3 is 5.97 Å². The molecule has 1 saturated heterocycles. The quantitative estimate of drug-likeness (QED) is 0.701. The molecule has 2 rings (SSSR count). The van der Waals surface area contributed by atoms with Crippen molar-refractivity contribution < 1.29 is 17.9 Å². The fourth-order valence-electron chi connectivity index (χ4n) is 2.29. The minimum atomic E-state index is -3.29. The topological polar surface area (TPSA) is 63.7 Å². The Morgan fingerprint density at radius 3 is 2.59 bits per heavy atom. The smallest absolute Gasteiger partial charge is 0.324 e. The molecule has 2 fully saturated rings. The number of rotatable bonds is 4. The summed E-state index contributed by atoms with van der Waals surface area (Å²) in [7, 11) is -1.98. The SMILES string of the molecule is COC(=O)[C@H]1CCCCN1S(=O)(=O)CC1CC1. The highest BCUT2D eigenvalue weighted by Gasteiger charge is 2.40. The van der Waals surface area contributed by atoms with E-state index in [0.29, 0.717) is 18.9 Å². The van der Waals surface area contributed by atoms with Crippen LogP contribution in [0.5, 0.6) is 0 Å². The zero-order valence-electron chi connectivity index (χ0n) is 10.1. The molecule has 5 nitrogen and oxygen atoms in total. The van der Waals surface area contributed by atoms with E-state index in [2.05, 4.69) is 0 Å². The van der Waals surface area contributed by atoms with Gasteiger partial charge in [-0.1, -0.05) is 0 Å². The molecule has 17 heavy (non-hydrogen) atoms. The van der Waals surface area contributed by atoms with Crippen LogP contribution >= 0.6 is 0 Å². The van der Waals surface area contributed by atoms with Gasteiger partial charge < -0.3 is 4.74 Å². The lowest BCUT2D eigenvalue weighted by molar-refractivity contribution is -0.146. The van der Waals surface area contributed by atoms with E-state index in [9.17, 15) is 13.2 Å². The summed E-state index contributed by atoms with van der Waals surface area (Å²) < 4.78 is 30.4. The van der Waals surface area contributed by atoms with Crippen LogP contribution in [0.1, 0.15) is 32.1 Å².